The standard InChI is InChI=1S/C25H20N2O5S/c1-32-19-13-7-8-14-20(19)33-24-18-12-6-5-11-17(18)23(30)22(26-24)25(31)27(15-21(28)29)16-9-3-2-4-10-16/h2-14,30H,15H2,1H3,(H,28,29). The van der Waals surface area contributed by atoms with Gasteiger partial charge in [0.2, 0.25) is 0 Å². The zero-order valence-corrected chi connectivity index (χ0v) is 18.5. The number of amides is 1. The van der Waals surface area contributed by atoms with Crippen LogP contribution in [-0.2, 0) is 4.79 Å². The summed E-state index contributed by atoms with van der Waals surface area (Å²) < 4.78 is 5.43. The summed E-state index contributed by atoms with van der Waals surface area (Å²) in [6.07, 6.45) is 0. The first-order valence-electron chi connectivity index (χ1n) is 10.0. The second kappa shape index (κ2) is 9.62. The number of rotatable bonds is 7. The molecule has 0 atom stereocenters. The van der Waals surface area contributed by atoms with Crippen LogP contribution in [0.5, 0.6) is 11.5 Å². The molecule has 7 nitrogen and oxygen atoms in total. The van der Waals surface area contributed by atoms with Gasteiger partial charge in [0.05, 0.1) is 12.0 Å². The second-order valence-corrected chi connectivity index (χ2v) is 8.06. The highest BCUT2D eigenvalue weighted by molar-refractivity contribution is 7.99. The van der Waals surface area contributed by atoms with Crippen molar-refractivity contribution in [1.29, 1.82) is 0 Å². The number of methoxy groups -OCH3 is 1. The molecule has 0 saturated carbocycles. The SMILES string of the molecule is COc1ccccc1Sc1nc(C(=O)N(CC(=O)O)c2ccccc2)c(O)c2ccccc12. The number of fused-ring (bicyclic) bond motifs is 1. The summed E-state index contributed by atoms with van der Waals surface area (Å²) in [5.74, 6) is -1.55. The van der Waals surface area contributed by atoms with E-state index in [1.165, 1.54) is 11.8 Å². The minimum atomic E-state index is -1.18. The third kappa shape index (κ3) is 4.61. The summed E-state index contributed by atoms with van der Waals surface area (Å²) in [6, 6.07) is 22.9. The molecule has 2 N–H and O–H groups in total. The average molecular weight is 461 g/mol. The maximum atomic E-state index is 13.5. The highest BCUT2D eigenvalue weighted by Crippen LogP contribution is 2.40. The Morgan fingerprint density at radius 1 is 0.939 bits per heavy atom. The lowest BCUT2D eigenvalue weighted by atomic mass is 10.1. The number of carbonyl (C=O) groups excluding carboxylic acids is 1. The van der Waals surface area contributed by atoms with Gasteiger partial charge in [-0.2, -0.15) is 0 Å². The summed E-state index contributed by atoms with van der Waals surface area (Å²) in [5.41, 5.74) is 0.161. The normalized spacial score (nSPS) is 10.7. The van der Waals surface area contributed by atoms with Crippen LogP contribution in [-0.4, -0.2) is 40.7 Å². The van der Waals surface area contributed by atoms with Gasteiger partial charge in [-0.25, -0.2) is 4.98 Å². The predicted molar refractivity (Wildman–Crippen MR) is 126 cm³/mol. The molecule has 1 aromatic heterocycles. The van der Waals surface area contributed by atoms with Crippen molar-refractivity contribution >= 4 is 40.1 Å². The van der Waals surface area contributed by atoms with Crippen LogP contribution in [0, 0.1) is 0 Å². The number of pyridine rings is 1. The van der Waals surface area contributed by atoms with E-state index in [1.807, 2.05) is 30.3 Å². The number of carboxylic acids is 1. The zero-order chi connectivity index (χ0) is 23.4. The van der Waals surface area contributed by atoms with Crippen molar-refractivity contribution in [2.45, 2.75) is 9.92 Å². The van der Waals surface area contributed by atoms with E-state index in [4.69, 9.17) is 4.74 Å². The van der Waals surface area contributed by atoms with Gasteiger partial charge in [0.1, 0.15) is 17.3 Å². The van der Waals surface area contributed by atoms with Crippen LogP contribution in [0.1, 0.15) is 10.5 Å². The average Bonchev–Trinajstić information content (AvgIpc) is 2.84. The topological polar surface area (TPSA) is 100.0 Å². The van der Waals surface area contributed by atoms with E-state index >= 15 is 0 Å². The smallest absolute Gasteiger partial charge is 0.323 e. The summed E-state index contributed by atoms with van der Waals surface area (Å²) >= 11 is 1.30. The third-order valence-corrected chi connectivity index (χ3v) is 6.00. The van der Waals surface area contributed by atoms with Crippen LogP contribution in [0.25, 0.3) is 10.8 Å². The van der Waals surface area contributed by atoms with Crippen molar-refractivity contribution in [3.05, 3.63) is 84.6 Å². The minimum absolute atomic E-state index is 0.226. The second-order valence-electron chi connectivity index (χ2n) is 7.03. The molecule has 0 aliphatic carbocycles. The van der Waals surface area contributed by atoms with Crippen LogP contribution in [0.15, 0.2) is 88.8 Å². The van der Waals surface area contributed by atoms with Gasteiger partial charge in [-0.1, -0.05) is 66.4 Å². The molecule has 0 bridgehead atoms. The maximum absolute atomic E-state index is 13.5. The first kappa shape index (κ1) is 22.2. The number of para-hydroxylation sites is 2. The Hall–Kier alpha value is -4.04. The number of carboxylic acid groups (broad SMARTS) is 1. The molecule has 0 radical (unpaired) electrons. The minimum Gasteiger partial charge on any atom is -0.505 e. The molecule has 3 aromatic carbocycles. The number of carbonyl (C=O) groups is 2. The quantitative estimate of drug-likeness (QED) is 0.407. The van der Waals surface area contributed by atoms with Crippen molar-refractivity contribution in [3.63, 3.8) is 0 Å². The number of aliphatic carboxylic acids is 1. The van der Waals surface area contributed by atoms with Crippen molar-refractivity contribution in [2.75, 3.05) is 18.6 Å². The predicted octanol–water partition coefficient (Wildman–Crippen LogP) is 4.83. The Morgan fingerprint density at radius 2 is 1.58 bits per heavy atom. The highest BCUT2D eigenvalue weighted by atomic mass is 32.2. The monoisotopic (exact) mass is 460 g/mol. The molecule has 1 heterocycles. The van der Waals surface area contributed by atoms with E-state index in [1.54, 1.807) is 55.6 Å². The molecule has 33 heavy (non-hydrogen) atoms. The maximum Gasteiger partial charge on any atom is 0.323 e. The molecule has 0 spiro atoms. The Balaban J connectivity index is 1.86. The zero-order valence-electron chi connectivity index (χ0n) is 17.6. The van der Waals surface area contributed by atoms with Crippen molar-refractivity contribution in [3.8, 4) is 11.5 Å². The number of hydrogen-bond donors (Lipinski definition) is 2. The fourth-order valence-electron chi connectivity index (χ4n) is 3.40. The fraction of sp³-hybridized carbons (Fsp3) is 0.0800. The molecule has 4 rings (SSSR count). The number of aromatic nitrogens is 1. The number of aromatic hydroxyl groups is 1. The first-order valence-corrected chi connectivity index (χ1v) is 10.8. The Bertz CT molecular complexity index is 1330. The summed E-state index contributed by atoms with van der Waals surface area (Å²) in [6.45, 7) is -0.578. The summed E-state index contributed by atoms with van der Waals surface area (Å²) in [7, 11) is 1.57. The van der Waals surface area contributed by atoms with E-state index in [9.17, 15) is 19.8 Å². The van der Waals surface area contributed by atoms with Crippen LogP contribution in [0.4, 0.5) is 5.69 Å². The summed E-state index contributed by atoms with van der Waals surface area (Å²) in [4.78, 5) is 31.3. The Kier molecular flexibility index (Phi) is 6.46. The number of nitrogens with zero attached hydrogens (tertiary/aromatic N) is 2. The van der Waals surface area contributed by atoms with Crippen LogP contribution < -0.4 is 9.64 Å². The van der Waals surface area contributed by atoms with E-state index in [2.05, 4.69) is 4.98 Å². The number of anilines is 1. The first-order chi connectivity index (χ1) is 16.0. The molecule has 0 fully saturated rings. The van der Waals surface area contributed by atoms with Crippen molar-refractivity contribution in [1.82, 2.24) is 4.98 Å². The van der Waals surface area contributed by atoms with E-state index in [-0.39, 0.29) is 11.4 Å². The van der Waals surface area contributed by atoms with Crippen LogP contribution >= 0.6 is 11.8 Å². The molecule has 0 saturated heterocycles. The Labute approximate surface area is 194 Å². The van der Waals surface area contributed by atoms with Gasteiger partial charge in [-0.15, -0.1) is 0 Å². The Morgan fingerprint density at radius 3 is 2.27 bits per heavy atom. The van der Waals surface area contributed by atoms with Crippen LogP contribution in [0.3, 0.4) is 0 Å². The number of hydrogen-bond acceptors (Lipinski definition) is 6. The van der Waals surface area contributed by atoms with Gasteiger partial charge in [-0.3, -0.25) is 14.5 Å². The molecule has 0 aliphatic heterocycles. The van der Waals surface area contributed by atoms with Crippen molar-refractivity contribution < 1.29 is 24.5 Å². The fourth-order valence-corrected chi connectivity index (χ4v) is 4.44. The lowest BCUT2D eigenvalue weighted by Gasteiger charge is -2.22. The molecular formula is C25H20N2O5S. The molecule has 1 amide bonds. The van der Waals surface area contributed by atoms with Gasteiger partial charge in [0, 0.05) is 16.5 Å². The van der Waals surface area contributed by atoms with Gasteiger partial charge in [0.25, 0.3) is 5.91 Å². The molecule has 0 aliphatic rings. The summed E-state index contributed by atoms with van der Waals surface area (Å²) in [5, 5.41) is 21.9. The lowest BCUT2D eigenvalue weighted by molar-refractivity contribution is -0.135. The molecule has 0 unspecified atom stereocenters. The van der Waals surface area contributed by atoms with E-state index < -0.39 is 18.4 Å². The molecule has 4 aromatic rings. The largest absolute Gasteiger partial charge is 0.505 e. The van der Waals surface area contributed by atoms with E-state index in [0.29, 0.717) is 27.2 Å². The van der Waals surface area contributed by atoms with Gasteiger partial charge in [0.15, 0.2) is 11.4 Å². The third-order valence-electron chi connectivity index (χ3n) is 4.93. The van der Waals surface area contributed by atoms with Crippen LogP contribution in [0.2, 0.25) is 0 Å². The van der Waals surface area contributed by atoms with Crippen molar-refractivity contribution in [2.24, 2.45) is 0 Å². The van der Waals surface area contributed by atoms with E-state index in [0.717, 1.165) is 9.80 Å². The van der Waals surface area contributed by atoms with Gasteiger partial charge >= 0.3 is 5.97 Å². The number of ether oxygens (including phenoxy) is 1. The van der Waals surface area contributed by atoms with Gasteiger partial charge in [-0.05, 0) is 24.3 Å². The highest BCUT2D eigenvalue weighted by Gasteiger charge is 2.27. The molecule has 8 heteroatoms. The lowest BCUT2D eigenvalue weighted by Crippen LogP contribution is -2.36. The van der Waals surface area contributed by atoms with Gasteiger partial charge < -0.3 is 14.9 Å². The number of benzene rings is 3. The molecule has 166 valence electrons. The molecular weight excluding hydrogens is 440 g/mol.